The van der Waals surface area contributed by atoms with E-state index in [1.807, 2.05) is 25.7 Å². The maximum absolute atomic E-state index is 11.8. The number of hydrogen-bond donors (Lipinski definition) is 1. The van der Waals surface area contributed by atoms with Crippen LogP contribution < -0.4 is 5.32 Å². The fourth-order valence-corrected chi connectivity index (χ4v) is 3.64. The van der Waals surface area contributed by atoms with Crippen molar-refractivity contribution in [3.8, 4) is 0 Å². The molecule has 0 aromatic carbocycles. The van der Waals surface area contributed by atoms with E-state index in [1.165, 1.54) is 25.0 Å². The molecule has 2 heterocycles. The molecule has 1 aliphatic rings. The van der Waals surface area contributed by atoms with Crippen molar-refractivity contribution in [3.05, 3.63) is 17.5 Å². The predicted octanol–water partition coefficient (Wildman–Crippen LogP) is 1.97. The summed E-state index contributed by atoms with van der Waals surface area (Å²) in [5, 5.41) is 8.30. The second kappa shape index (κ2) is 7.69. The maximum Gasteiger partial charge on any atom is 0.341 e. The van der Waals surface area contributed by atoms with E-state index in [4.69, 9.17) is 4.74 Å². The molecule has 1 aliphatic heterocycles. The fourth-order valence-electron chi connectivity index (χ4n) is 2.37. The van der Waals surface area contributed by atoms with E-state index in [-0.39, 0.29) is 5.97 Å². The summed E-state index contributed by atoms with van der Waals surface area (Å²) in [6, 6.07) is 0. The van der Waals surface area contributed by atoms with Crippen LogP contribution in [0, 0.1) is 0 Å². The van der Waals surface area contributed by atoms with Gasteiger partial charge >= 0.3 is 5.97 Å². The van der Waals surface area contributed by atoms with Crippen molar-refractivity contribution in [1.29, 1.82) is 0 Å². The van der Waals surface area contributed by atoms with E-state index in [0.29, 0.717) is 24.0 Å². The maximum atomic E-state index is 11.8. The lowest BCUT2D eigenvalue weighted by atomic mass is 10.2. The summed E-state index contributed by atoms with van der Waals surface area (Å²) in [5.74, 6) is 0.982. The van der Waals surface area contributed by atoms with Gasteiger partial charge in [0.1, 0.15) is 5.56 Å². The molecular formula is C14H23N3O2S. The van der Waals surface area contributed by atoms with Gasteiger partial charge in [-0.05, 0) is 25.5 Å². The van der Waals surface area contributed by atoms with Crippen LogP contribution in [0.5, 0.6) is 0 Å². The van der Waals surface area contributed by atoms with E-state index in [9.17, 15) is 4.79 Å². The molecule has 1 atom stereocenters. The van der Waals surface area contributed by atoms with Crippen molar-refractivity contribution in [2.24, 2.45) is 7.05 Å². The summed E-state index contributed by atoms with van der Waals surface area (Å²) in [4.78, 5) is 11.8. The number of aryl methyl sites for hydroxylation is 1. The molecule has 0 saturated carbocycles. The van der Waals surface area contributed by atoms with E-state index in [1.54, 1.807) is 10.9 Å². The van der Waals surface area contributed by atoms with Crippen LogP contribution in [0.3, 0.4) is 0 Å². The Morgan fingerprint density at radius 2 is 2.45 bits per heavy atom. The highest BCUT2D eigenvalue weighted by Gasteiger charge is 2.18. The third-order valence-electron chi connectivity index (χ3n) is 3.50. The molecule has 1 fully saturated rings. The third-order valence-corrected chi connectivity index (χ3v) is 4.89. The standard InChI is InChI=1S/C14H23N3O2S/c1-3-19-14(18)12-9-16-17(2)13(12)10-15-8-11-6-4-5-7-20-11/h9,11,15H,3-8,10H2,1-2H3. The summed E-state index contributed by atoms with van der Waals surface area (Å²) < 4.78 is 6.80. The summed E-state index contributed by atoms with van der Waals surface area (Å²) in [6.07, 6.45) is 5.55. The SMILES string of the molecule is CCOC(=O)c1cnn(C)c1CNCC1CCCCS1. The highest BCUT2D eigenvalue weighted by Crippen LogP contribution is 2.24. The molecule has 1 saturated heterocycles. The number of carbonyl (C=O) groups is 1. The number of aromatic nitrogens is 2. The van der Waals surface area contributed by atoms with Crippen LogP contribution in [0.25, 0.3) is 0 Å². The summed E-state index contributed by atoms with van der Waals surface area (Å²) in [7, 11) is 1.86. The smallest absolute Gasteiger partial charge is 0.341 e. The molecule has 1 aromatic rings. The van der Waals surface area contributed by atoms with E-state index in [2.05, 4.69) is 10.4 Å². The van der Waals surface area contributed by atoms with Crippen LogP contribution in [-0.4, -0.2) is 39.9 Å². The Bertz CT molecular complexity index is 442. The van der Waals surface area contributed by atoms with Crippen LogP contribution in [-0.2, 0) is 18.3 Å². The first-order valence-corrected chi connectivity index (χ1v) is 8.27. The van der Waals surface area contributed by atoms with Gasteiger partial charge in [0.05, 0.1) is 18.5 Å². The molecular weight excluding hydrogens is 274 g/mol. The van der Waals surface area contributed by atoms with Gasteiger partial charge in [-0.15, -0.1) is 0 Å². The number of esters is 1. The summed E-state index contributed by atoms with van der Waals surface area (Å²) >= 11 is 2.05. The van der Waals surface area contributed by atoms with Crippen molar-refractivity contribution in [2.75, 3.05) is 18.9 Å². The topological polar surface area (TPSA) is 56.1 Å². The minimum absolute atomic E-state index is 0.288. The van der Waals surface area contributed by atoms with Gasteiger partial charge < -0.3 is 10.1 Å². The minimum Gasteiger partial charge on any atom is -0.462 e. The molecule has 0 aliphatic carbocycles. The molecule has 6 heteroatoms. The second-order valence-corrected chi connectivity index (χ2v) is 6.38. The zero-order valence-electron chi connectivity index (χ0n) is 12.2. The number of ether oxygens (including phenoxy) is 1. The number of rotatable bonds is 6. The summed E-state index contributed by atoms with van der Waals surface area (Å²) in [6.45, 7) is 3.84. The average molecular weight is 297 g/mol. The van der Waals surface area contributed by atoms with E-state index in [0.717, 1.165) is 12.2 Å². The molecule has 1 N–H and O–H groups in total. The lowest BCUT2D eigenvalue weighted by Crippen LogP contribution is -2.27. The van der Waals surface area contributed by atoms with Crippen LogP contribution in [0.15, 0.2) is 6.20 Å². The van der Waals surface area contributed by atoms with Crippen molar-refractivity contribution >= 4 is 17.7 Å². The molecule has 5 nitrogen and oxygen atoms in total. The van der Waals surface area contributed by atoms with Crippen molar-refractivity contribution in [2.45, 2.75) is 38.0 Å². The van der Waals surface area contributed by atoms with Gasteiger partial charge in [-0.1, -0.05) is 6.42 Å². The molecule has 2 rings (SSSR count). The van der Waals surface area contributed by atoms with E-state index >= 15 is 0 Å². The molecule has 0 amide bonds. The van der Waals surface area contributed by atoms with Crippen LogP contribution in [0.2, 0.25) is 0 Å². The molecule has 0 spiro atoms. The van der Waals surface area contributed by atoms with Crippen LogP contribution in [0.1, 0.15) is 42.2 Å². The molecule has 1 aromatic heterocycles. The zero-order chi connectivity index (χ0) is 14.4. The number of nitrogens with zero attached hydrogens (tertiary/aromatic N) is 2. The van der Waals surface area contributed by atoms with Gasteiger partial charge in [-0.2, -0.15) is 16.9 Å². The van der Waals surface area contributed by atoms with E-state index < -0.39 is 0 Å². The minimum atomic E-state index is -0.288. The number of nitrogens with one attached hydrogen (secondary N) is 1. The number of hydrogen-bond acceptors (Lipinski definition) is 5. The molecule has 0 radical (unpaired) electrons. The van der Waals surface area contributed by atoms with Gasteiger partial charge in [0.2, 0.25) is 0 Å². The Hall–Kier alpha value is -1.01. The fraction of sp³-hybridized carbons (Fsp3) is 0.714. The highest BCUT2D eigenvalue weighted by molar-refractivity contribution is 7.99. The molecule has 1 unspecified atom stereocenters. The van der Waals surface area contributed by atoms with Gasteiger partial charge in [0, 0.05) is 25.4 Å². The van der Waals surface area contributed by atoms with Crippen molar-refractivity contribution in [1.82, 2.24) is 15.1 Å². The summed E-state index contributed by atoms with van der Waals surface area (Å²) in [5.41, 5.74) is 1.46. The van der Waals surface area contributed by atoms with Crippen molar-refractivity contribution < 1.29 is 9.53 Å². The third kappa shape index (κ3) is 3.99. The monoisotopic (exact) mass is 297 g/mol. The first-order valence-electron chi connectivity index (χ1n) is 7.22. The predicted molar refractivity (Wildman–Crippen MR) is 81.0 cm³/mol. The highest BCUT2D eigenvalue weighted by atomic mass is 32.2. The first-order chi connectivity index (χ1) is 9.72. The lowest BCUT2D eigenvalue weighted by molar-refractivity contribution is 0.0524. The number of thioether (sulfide) groups is 1. The number of carbonyl (C=O) groups excluding carboxylic acids is 1. The average Bonchev–Trinajstić information content (AvgIpc) is 2.82. The van der Waals surface area contributed by atoms with Gasteiger partial charge in [0.25, 0.3) is 0 Å². The van der Waals surface area contributed by atoms with Crippen LogP contribution >= 0.6 is 11.8 Å². The van der Waals surface area contributed by atoms with Crippen molar-refractivity contribution in [3.63, 3.8) is 0 Å². The second-order valence-electron chi connectivity index (χ2n) is 4.97. The Morgan fingerprint density at radius 1 is 1.60 bits per heavy atom. The lowest BCUT2D eigenvalue weighted by Gasteiger charge is -2.21. The Balaban J connectivity index is 1.88. The normalized spacial score (nSPS) is 19.0. The Kier molecular flexibility index (Phi) is 5.91. The van der Waals surface area contributed by atoms with Crippen LogP contribution in [0.4, 0.5) is 0 Å². The molecule has 0 bridgehead atoms. The van der Waals surface area contributed by atoms with Gasteiger partial charge in [-0.3, -0.25) is 4.68 Å². The Labute approximate surface area is 124 Å². The van der Waals surface area contributed by atoms with Gasteiger partial charge in [0.15, 0.2) is 0 Å². The molecule has 112 valence electrons. The zero-order valence-corrected chi connectivity index (χ0v) is 13.0. The van der Waals surface area contributed by atoms with Gasteiger partial charge in [-0.25, -0.2) is 4.79 Å². The quantitative estimate of drug-likeness (QED) is 0.814. The largest absolute Gasteiger partial charge is 0.462 e. The first kappa shape index (κ1) is 15.4. The molecule has 20 heavy (non-hydrogen) atoms. The Morgan fingerprint density at radius 3 is 3.15 bits per heavy atom.